The summed E-state index contributed by atoms with van der Waals surface area (Å²) in [6.07, 6.45) is 1.62. The summed E-state index contributed by atoms with van der Waals surface area (Å²) in [5, 5.41) is 14.1. The van der Waals surface area contributed by atoms with E-state index in [9.17, 15) is 10.1 Å². The summed E-state index contributed by atoms with van der Waals surface area (Å²) in [5.74, 6) is 0.930. The van der Waals surface area contributed by atoms with E-state index in [1.165, 1.54) is 6.07 Å². The molecule has 0 saturated heterocycles. The average Bonchev–Trinajstić information content (AvgIpc) is 2.44. The number of hydrogen-bond acceptors (Lipinski definition) is 6. The van der Waals surface area contributed by atoms with Gasteiger partial charge in [0, 0.05) is 24.4 Å². The van der Waals surface area contributed by atoms with Crippen molar-refractivity contribution in [2.45, 2.75) is 20.8 Å². The topological polar surface area (TPSA) is 90.2 Å². The molecule has 0 radical (unpaired) electrons. The molecular formula is C14H16N4O3. The summed E-state index contributed by atoms with van der Waals surface area (Å²) in [6.45, 7) is 6.14. The average molecular weight is 288 g/mol. The Morgan fingerprint density at radius 1 is 1.33 bits per heavy atom. The number of nitrogens with zero attached hydrogens (tertiary/aromatic N) is 3. The highest BCUT2D eigenvalue weighted by Gasteiger charge is 2.19. The van der Waals surface area contributed by atoms with Crippen LogP contribution in [0.1, 0.15) is 18.1 Å². The van der Waals surface area contributed by atoms with Gasteiger partial charge in [-0.15, -0.1) is 0 Å². The monoisotopic (exact) mass is 288 g/mol. The van der Waals surface area contributed by atoms with E-state index in [1.807, 2.05) is 6.92 Å². The van der Waals surface area contributed by atoms with Gasteiger partial charge in [-0.25, -0.2) is 4.98 Å². The summed E-state index contributed by atoms with van der Waals surface area (Å²) in [6, 6.07) is 4.78. The van der Waals surface area contributed by atoms with Crippen molar-refractivity contribution in [3.8, 4) is 11.6 Å². The quantitative estimate of drug-likeness (QED) is 0.671. The normalized spacial score (nSPS) is 10.2. The highest BCUT2D eigenvalue weighted by Crippen LogP contribution is 2.34. The molecule has 7 heteroatoms. The van der Waals surface area contributed by atoms with Gasteiger partial charge < -0.3 is 10.1 Å². The van der Waals surface area contributed by atoms with Gasteiger partial charge in [0.1, 0.15) is 0 Å². The number of benzene rings is 1. The first-order valence-corrected chi connectivity index (χ1v) is 6.52. The van der Waals surface area contributed by atoms with Crippen molar-refractivity contribution in [1.29, 1.82) is 0 Å². The molecule has 0 fully saturated rings. The maximum absolute atomic E-state index is 11.1. The Labute approximate surface area is 122 Å². The van der Waals surface area contributed by atoms with Gasteiger partial charge in [-0.1, -0.05) is 12.1 Å². The summed E-state index contributed by atoms with van der Waals surface area (Å²) in [4.78, 5) is 19.0. The summed E-state index contributed by atoms with van der Waals surface area (Å²) in [7, 11) is 0. The minimum absolute atomic E-state index is 0.0852. The van der Waals surface area contributed by atoms with Gasteiger partial charge in [-0.05, 0) is 26.3 Å². The van der Waals surface area contributed by atoms with Crippen molar-refractivity contribution in [3.63, 3.8) is 0 Å². The highest BCUT2D eigenvalue weighted by molar-refractivity contribution is 5.53. The molecule has 2 aromatic rings. The lowest BCUT2D eigenvalue weighted by atomic mass is 10.2. The first kappa shape index (κ1) is 14.7. The molecule has 0 saturated carbocycles. The van der Waals surface area contributed by atoms with E-state index in [4.69, 9.17) is 4.74 Å². The van der Waals surface area contributed by atoms with Gasteiger partial charge in [0.15, 0.2) is 0 Å². The van der Waals surface area contributed by atoms with Crippen LogP contribution in [0.3, 0.4) is 0 Å². The molecule has 0 aliphatic rings. The lowest BCUT2D eigenvalue weighted by Gasteiger charge is -2.11. The minimum atomic E-state index is -0.468. The van der Waals surface area contributed by atoms with E-state index in [0.717, 1.165) is 0 Å². The molecule has 1 N–H and O–H groups in total. The second-order valence-corrected chi connectivity index (χ2v) is 4.49. The van der Waals surface area contributed by atoms with E-state index < -0.39 is 4.92 Å². The van der Waals surface area contributed by atoms with E-state index in [0.29, 0.717) is 29.5 Å². The number of hydrogen-bond donors (Lipinski definition) is 1. The lowest BCUT2D eigenvalue weighted by Crippen LogP contribution is -2.04. The molecule has 1 heterocycles. The fourth-order valence-electron chi connectivity index (χ4n) is 1.78. The highest BCUT2D eigenvalue weighted by atomic mass is 16.6. The van der Waals surface area contributed by atoms with Crippen molar-refractivity contribution in [3.05, 3.63) is 45.6 Å². The van der Waals surface area contributed by atoms with Crippen molar-refractivity contribution in [2.75, 3.05) is 11.9 Å². The van der Waals surface area contributed by atoms with Crippen molar-refractivity contribution >= 4 is 11.6 Å². The first-order chi connectivity index (χ1) is 10.0. The Morgan fingerprint density at radius 3 is 2.76 bits per heavy atom. The second kappa shape index (κ2) is 6.17. The fourth-order valence-corrected chi connectivity index (χ4v) is 1.78. The van der Waals surface area contributed by atoms with Gasteiger partial charge in [-0.3, -0.25) is 10.1 Å². The molecule has 0 aliphatic carbocycles. The van der Waals surface area contributed by atoms with Crippen LogP contribution in [0.15, 0.2) is 24.4 Å². The number of aryl methyl sites for hydroxylation is 2. The van der Waals surface area contributed by atoms with Crippen LogP contribution in [0, 0.1) is 24.0 Å². The fraction of sp³-hybridized carbons (Fsp3) is 0.286. The Bertz CT molecular complexity index is 673. The number of nitro groups is 1. The lowest BCUT2D eigenvalue weighted by molar-refractivity contribution is -0.385. The van der Waals surface area contributed by atoms with Crippen LogP contribution >= 0.6 is 0 Å². The SMILES string of the molecule is CCNc1ncc(C)c(Oc2c(C)cccc2[N+](=O)[O-])n1. The van der Waals surface area contributed by atoms with Gasteiger partial charge in [0.25, 0.3) is 0 Å². The van der Waals surface area contributed by atoms with Crippen molar-refractivity contribution < 1.29 is 9.66 Å². The Kier molecular flexibility index (Phi) is 4.32. The maximum atomic E-state index is 11.1. The third-order valence-corrected chi connectivity index (χ3v) is 2.85. The summed E-state index contributed by atoms with van der Waals surface area (Å²) >= 11 is 0. The van der Waals surface area contributed by atoms with Crippen LogP contribution in [0.4, 0.5) is 11.6 Å². The largest absolute Gasteiger partial charge is 0.431 e. The number of ether oxygens (including phenoxy) is 1. The maximum Gasteiger partial charge on any atom is 0.311 e. The predicted molar refractivity (Wildman–Crippen MR) is 78.8 cm³/mol. The molecule has 1 aromatic carbocycles. The van der Waals surface area contributed by atoms with Gasteiger partial charge in [0.05, 0.1) is 4.92 Å². The number of para-hydroxylation sites is 1. The van der Waals surface area contributed by atoms with Crippen LogP contribution in [0.2, 0.25) is 0 Å². The van der Waals surface area contributed by atoms with E-state index >= 15 is 0 Å². The molecule has 0 spiro atoms. The van der Waals surface area contributed by atoms with Crippen molar-refractivity contribution in [2.24, 2.45) is 0 Å². The number of aromatic nitrogens is 2. The number of nitro benzene ring substituents is 1. The molecule has 21 heavy (non-hydrogen) atoms. The van der Waals surface area contributed by atoms with Gasteiger partial charge in [-0.2, -0.15) is 4.98 Å². The molecule has 0 atom stereocenters. The zero-order valence-electron chi connectivity index (χ0n) is 12.1. The van der Waals surface area contributed by atoms with E-state index in [2.05, 4.69) is 15.3 Å². The Balaban J connectivity index is 2.42. The van der Waals surface area contributed by atoms with Crippen molar-refractivity contribution in [1.82, 2.24) is 9.97 Å². The van der Waals surface area contributed by atoms with E-state index in [-0.39, 0.29) is 11.4 Å². The molecule has 2 rings (SSSR count). The summed E-state index contributed by atoms with van der Waals surface area (Å²) in [5.41, 5.74) is 1.29. The second-order valence-electron chi connectivity index (χ2n) is 4.49. The predicted octanol–water partition coefficient (Wildman–Crippen LogP) is 3.23. The van der Waals surface area contributed by atoms with Crippen LogP contribution in [0.25, 0.3) is 0 Å². The Morgan fingerprint density at radius 2 is 2.10 bits per heavy atom. The number of nitrogens with one attached hydrogen (secondary N) is 1. The molecule has 110 valence electrons. The summed E-state index contributed by atoms with van der Waals surface area (Å²) < 4.78 is 5.69. The third kappa shape index (κ3) is 3.25. The first-order valence-electron chi connectivity index (χ1n) is 6.52. The molecular weight excluding hydrogens is 272 g/mol. The Hall–Kier alpha value is -2.70. The third-order valence-electron chi connectivity index (χ3n) is 2.85. The van der Waals surface area contributed by atoms with E-state index in [1.54, 1.807) is 32.2 Å². The van der Waals surface area contributed by atoms with Crippen LogP contribution in [0.5, 0.6) is 11.6 Å². The zero-order chi connectivity index (χ0) is 15.4. The number of rotatable bonds is 5. The molecule has 0 amide bonds. The molecule has 0 unspecified atom stereocenters. The molecule has 0 aliphatic heterocycles. The number of anilines is 1. The van der Waals surface area contributed by atoms with Gasteiger partial charge >= 0.3 is 5.69 Å². The van der Waals surface area contributed by atoms with Gasteiger partial charge in [0.2, 0.25) is 17.6 Å². The van der Waals surface area contributed by atoms with Crippen LogP contribution in [-0.4, -0.2) is 21.4 Å². The minimum Gasteiger partial charge on any atom is -0.431 e. The molecule has 7 nitrogen and oxygen atoms in total. The molecule has 0 bridgehead atoms. The smallest absolute Gasteiger partial charge is 0.311 e. The standard InChI is InChI=1S/C14H16N4O3/c1-4-15-14-16-8-10(3)13(17-14)21-12-9(2)6-5-7-11(12)18(19)20/h5-8H,4H2,1-3H3,(H,15,16,17). The molecule has 1 aromatic heterocycles. The zero-order valence-corrected chi connectivity index (χ0v) is 12.1. The van der Waals surface area contributed by atoms with Crippen LogP contribution in [-0.2, 0) is 0 Å². The van der Waals surface area contributed by atoms with Crippen LogP contribution < -0.4 is 10.1 Å².